The first-order valence-corrected chi connectivity index (χ1v) is 6.61. The van der Waals surface area contributed by atoms with Crippen LogP contribution in [0.2, 0.25) is 0 Å². The Kier molecular flexibility index (Phi) is 3.21. The number of fused-ring (bicyclic) bond motifs is 1. The summed E-state index contributed by atoms with van der Waals surface area (Å²) in [7, 11) is 1.99. The lowest BCUT2D eigenvalue weighted by Crippen LogP contribution is -2.23. The quantitative estimate of drug-likeness (QED) is 0.887. The minimum absolute atomic E-state index is 0.380. The second-order valence-electron chi connectivity index (χ2n) is 4.82. The van der Waals surface area contributed by atoms with Crippen LogP contribution in [0.15, 0.2) is 18.5 Å². The van der Waals surface area contributed by atoms with Crippen molar-refractivity contribution in [3.63, 3.8) is 0 Å². The molecule has 1 unspecified atom stereocenters. The number of hydrogen-bond donors (Lipinski definition) is 1. The summed E-state index contributed by atoms with van der Waals surface area (Å²) in [6, 6.07) is 2.23. The summed E-state index contributed by atoms with van der Waals surface area (Å²) in [6.45, 7) is 1.87. The molecule has 0 amide bonds. The molecule has 0 spiro atoms. The average Bonchev–Trinajstić information content (AvgIpc) is 2.46. The fraction of sp³-hybridized carbons (Fsp3) is 0.429. The molecule has 3 rings (SSSR count). The van der Waals surface area contributed by atoms with E-state index in [0.29, 0.717) is 11.9 Å². The van der Waals surface area contributed by atoms with E-state index in [4.69, 9.17) is 0 Å². The maximum Gasteiger partial charge on any atom is 0.178 e. The molecular weight excluding hydrogens is 238 g/mol. The Hall–Kier alpha value is -1.88. The van der Waals surface area contributed by atoms with Crippen LogP contribution in [-0.2, 0) is 6.42 Å². The summed E-state index contributed by atoms with van der Waals surface area (Å²) in [4.78, 5) is 17.6. The first kappa shape index (κ1) is 12.2. The molecule has 2 aromatic rings. The van der Waals surface area contributed by atoms with Gasteiger partial charge in [0.15, 0.2) is 5.82 Å². The predicted octanol–water partition coefficient (Wildman–Crippen LogP) is 1.84. The molecule has 0 bridgehead atoms. The molecule has 19 heavy (non-hydrogen) atoms. The molecule has 1 aliphatic rings. The van der Waals surface area contributed by atoms with Gasteiger partial charge in [-0.15, -0.1) is 0 Å². The second-order valence-corrected chi connectivity index (χ2v) is 4.82. The van der Waals surface area contributed by atoms with Crippen LogP contribution in [0, 0.1) is 6.92 Å². The molecule has 98 valence electrons. The van der Waals surface area contributed by atoms with Gasteiger partial charge in [0.2, 0.25) is 0 Å². The maximum atomic E-state index is 4.68. The van der Waals surface area contributed by atoms with Crippen LogP contribution in [0.25, 0.3) is 11.5 Å². The summed E-state index contributed by atoms with van der Waals surface area (Å²) >= 11 is 0. The number of hydrogen-bond acceptors (Lipinski definition) is 5. The van der Waals surface area contributed by atoms with Gasteiger partial charge in [-0.2, -0.15) is 0 Å². The molecule has 0 saturated heterocycles. The van der Waals surface area contributed by atoms with Gasteiger partial charge in [0, 0.05) is 29.7 Å². The third-order valence-corrected chi connectivity index (χ3v) is 3.54. The summed E-state index contributed by atoms with van der Waals surface area (Å²) in [5.74, 6) is 1.44. The molecular formula is C14H17N5. The number of aryl methyl sites for hydroxylation is 2. The minimum atomic E-state index is 0.380. The van der Waals surface area contributed by atoms with Gasteiger partial charge >= 0.3 is 0 Å². The van der Waals surface area contributed by atoms with Crippen molar-refractivity contribution in [2.75, 3.05) is 7.05 Å². The molecule has 5 nitrogen and oxygen atoms in total. The van der Waals surface area contributed by atoms with Crippen LogP contribution in [-0.4, -0.2) is 27.0 Å². The van der Waals surface area contributed by atoms with Crippen LogP contribution in [0.4, 0.5) is 0 Å². The summed E-state index contributed by atoms with van der Waals surface area (Å²) in [5.41, 5.74) is 3.16. The zero-order valence-corrected chi connectivity index (χ0v) is 11.2. The highest BCUT2D eigenvalue weighted by Crippen LogP contribution is 2.28. The van der Waals surface area contributed by atoms with E-state index in [9.17, 15) is 0 Å². The zero-order valence-electron chi connectivity index (χ0n) is 11.2. The van der Waals surface area contributed by atoms with E-state index in [1.165, 1.54) is 5.56 Å². The van der Waals surface area contributed by atoms with Gasteiger partial charge in [-0.05, 0) is 39.3 Å². The lowest BCUT2D eigenvalue weighted by molar-refractivity contribution is 0.487. The highest BCUT2D eigenvalue weighted by atomic mass is 15.0. The highest BCUT2D eigenvalue weighted by Gasteiger charge is 2.21. The van der Waals surface area contributed by atoms with Gasteiger partial charge in [-0.1, -0.05) is 0 Å². The topological polar surface area (TPSA) is 63.6 Å². The number of nitrogens with zero attached hydrogens (tertiary/aromatic N) is 4. The van der Waals surface area contributed by atoms with E-state index < -0.39 is 0 Å². The highest BCUT2D eigenvalue weighted by molar-refractivity contribution is 5.49. The lowest BCUT2D eigenvalue weighted by Gasteiger charge is -2.24. The molecule has 2 aromatic heterocycles. The molecule has 0 radical (unpaired) electrons. The number of nitrogens with one attached hydrogen (secondary N) is 1. The third-order valence-electron chi connectivity index (χ3n) is 3.54. The van der Waals surface area contributed by atoms with Crippen molar-refractivity contribution in [1.29, 1.82) is 0 Å². The molecule has 1 N–H and O–H groups in total. The van der Waals surface area contributed by atoms with Crippen molar-refractivity contribution >= 4 is 0 Å². The summed E-state index contributed by atoms with van der Waals surface area (Å²) in [5, 5.41) is 3.32. The van der Waals surface area contributed by atoms with Crippen molar-refractivity contribution in [1.82, 2.24) is 25.3 Å². The Morgan fingerprint density at radius 2 is 2.16 bits per heavy atom. The SMILES string of the molecule is CNC1CCCc2nc(-c3ccnc(C)n3)ncc21. The van der Waals surface area contributed by atoms with Crippen LogP contribution in [0.1, 0.15) is 36.0 Å². The summed E-state index contributed by atoms with van der Waals surface area (Å²) in [6.07, 6.45) is 7.02. The van der Waals surface area contributed by atoms with Crippen LogP contribution >= 0.6 is 0 Å². The molecule has 1 atom stereocenters. The van der Waals surface area contributed by atoms with E-state index in [1.54, 1.807) is 6.20 Å². The third kappa shape index (κ3) is 2.33. The van der Waals surface area contributed by atoms with Gasteiger partial charge in [-0.25, -0.2) is 19.9 Å². The van der Waals surface area contributed by atoms with Crippen molar-refractivity contribution in [2.24, 2.45) is 0 Å². The summed E-state index contributed by atoms with van der Waals surface area (Å²) < 4.78 is 0. The van der Waals surface area contributed by atoms with Gasteiger partial charge in [0.05, 0.1) is 0 Å². The monoisotopic (exact) mass is 255 g/mol. The number of aromatic nitrogens is 4. The fourth-order valence-corrected chi connectivity index (χ4v) is 2.55. The van der Waals surface area contributed by atoms with Crippen LogP contribution in [0.5, 0.6) is 0 Å². The molecule has 0 aromatic carbocycles. The van der Waals surface area contributed by atoms with Crippen molar-refractivity contribution in [2.45, 2.75) is 32.2 Å². The normalized spacial score (nSPS) is 18.1. The van der Waals surface area contributed by atoms with Crippen LogP contribution < -0.4 is 5.32 Å². The maximum absolute atomic E-state index is 4.68. The Morgan fingerprint density at radius 3 is 2.95 bits per heavy atom. The molecule has 1 aliphatic carbocycles. The predicted molar refractivity (Wildman–Crippen MR) is 72.5 cm³/mol. The van der Waals surface area contributed by atoms with Crippen LogP contribution in [0.3, 0.4) is 0 Å². The van der Waals surface area contributed by atoms with Crippen molar-refractivity contribution in [3.05, 3.63) is 35.5 Å². The second kappa shape index (κ2) is 5.01. The van der Waals surface area contributed by atoms with E-state index in [1.807, 2.05) is 26.2 Å². The Bertz CT molecular complexity index is 596. The Labute approximate surface area is 112 Å². The van der Waals surface area contributed by atoms with Crippen molar-refractivity contribution < 1.29 is 0 Å². The van der Waals surface area contributed by atoms with Gasteiger partial charge in [-0.3, -0.25) is 0 Å². The van der Waals surface area contributed by atoms with Gasteiger partial charge in [0.25, 0.3) is 0 Å². The van der Waals surface area contributed by atoms with E-state index in [0.717, 1.165) is 36.5 Å². The van der Waals surface area contributed by atoms with E-state index >= 15 is 0 Å². The first-order chi connectivity index (χ1) is 9.28. The van der Waals surface area contributed by atoms with Gasteiger partial charge < -0.3 is 5.32 Å². The van der Waals surface area contributed by atoms with Gasteiger partial charge in [0.1, 0.15) is 11.5 Å². The van der Waals surface area contributed by atoms with E-state index in [2.05, 4.69) is 25.3 Å². The lowest BCUT2D eigenvalue weighted by atomic mass is 9.92. The Balaban J connectivity index is 2.02. The standard InChI is InChI=1S/C14H17N5/c1-9-16-7-6-13(18-9)14-17-8-10-11(15-2)4-3-5-12(10)19-14/h6-8,11,15H,3-5H2,1-2H3. The molecule has 5 heteroatoms. The smallest absolute Gasteiger partial charge is 0.178 e. The average molecular weight is 255 g/mol. The molecule has 0 aliphatic heterocycles. The number of rotatable bonds is 2. The minimum Gasteiger partial charge on any atom is -0.313 e. The van der Waals surface area contributed by atoms with E-state index in [-0.39, 0.29) is 0 Å². The fourth-order valence-electron chi connectivity index (χ4n) is 2.55. The Morgan fingerprint density at radius 1 is 1.26 bits per heavy atom. The first-order valence-electron chi connectivity index (χ1n) is 6.61. The largest absolute Gasteiger partial charge is 0.313 e. The molecule has 0 fully saturated rings. The van der Waals surface area contributed by atoms with Crippen molar-refractivity contribution in [3.8, 4) is 11.5 Å². The molecule has 0 saturated carbocycles. The zero-order chi connectivity index (χ0) is 13.2. The molecule has 2 heterocycles.